The molecule has 1 aromatic carbocycles. The van der Waals surface area contributed by atoms with Gasteiger partial charge in [0.15, 0.2) is 0 Å². The lowest BCUT2D eigenvalue weighted by Crippen LogP contribution is -2.31. The number of carbonyl (C=O) groups is 1. The molecule has 0 saturated heterocycles. The van der Waals surface area contributed by atoms with Crippen molar-refractivity contribution >= 4 is 23.4 Å². The van der Waals surface area contributed by atoms with Crippen LogP contribution in [0, 0.1) is 0 Å². The second kappa shape index (κ2) is 7.10. The first kappa shape index (κ1) is 15.9. The van der Waals surface area contributed by atoms with Crippen molar-refractivity contribution in [3.63, 3.8) is 0 Å². The molecule has 1 amide bonds. The lowest BCUT2D eigenvalue weighted by molar-refractivity contribution is -0.116. The van der Waals surface area contributed by atoms with Crippen molar-refractivity contribution in [2.24, 2.45) is 0 Å². The number of nitrogens with zero attached hydrogens (tertiary/aromatic N) is 5. The van der Waals surface area contributed by atoms with Crippen LogP contribution in [-0.4, -0.2) is 31.9 Å². The fraction of sp³-hybridized carbons (Fsp3) is 0.294. The van der Waals surface area contributed by atoms with Crippen LogP contribution in [0.25, 0.3) is 0 Å². The Morgan fingerprint density at radius 3 is 2.80 bits per heavy atom. The van der Waals surface area contributed by atoms with Gasteiger partial charge >= 0.3 is 0 Å². The summed E-state index contributed by atoms with van der Waals surface area (Å²) in [6.07, 6.45) is 3.81. The van der Waals surface area contributed by atoms with Gasteiger partial charge in [-0.25, -0.2) is 4.68 Å². The Morgan fingerprint density at radius 2 is 2.08 bits per heavy atom. The smallest absolute Gasteiger partial charge is 0.237 e. The zero-order valence-corrected chi connectivity index (χ0v) is 14.3. The number of anilines is 1. The van der Waals surface area contributed by atoms with E-state index in [1.54, 1.807) is 11.2 Å². The Kier molecular flexibility index (Phi) is 4.51. The number of amides is 1. The van der Waals surface area contributed by atoms with Gasteiger partial charge in [-0.05, 0) is 47.5 Å². The number of tetrazole rings is 1. The number of hydrogen-bond donors (Lipinski definition) is 0. The van der Waals surface area contributed by atoms with Gasteiger partial charge < -0.3 is 9.32 Å². The Balaban J connectivity index is 1.48. The number of carbonyl (C=O) groups excluding carboxylic acids is 1. The van der Waals surface area contributed by atoms with E-state index in [1.807, 2.05) is 47.1 Å². The summed E-state index contributed by atoms with van der Waals surface area (Å²) in [4.78, 5) is 14.6. The fourth-order valence-corrected chi connectivity index (χ4v) is 3.34. The van der Waals surface area contributed by atoms with E-state index in [1.165, 1.54) is 11.8 Å². The van der Waals surface area contributed by atoms with E-state index < -0.39 is 0 Å². The molecule has 0 atom stereocenters. The van der Waals surface area contributed by atoms with E-state index >= 15 is 0 Å². The molecule has 3 aromatic rings. The van der Waals surface area contributed by atoms with Crippen molar-refractivity contribution in [2.45, 2.75) is 30.6 Å². The van der Waals surface area contributed by atoms with Gasteiger partial charge in [0.2, 0.25) is 11.1 Å². The zero-order chi connectivity index (χ0) is 17.1. The third-order valence-corrected chi connectivity index (χ3v) is 4.86. The first-order valence-electron chi connectivity index (χ1n) is 8.10. The standard InChI is InChI=1S/C17H17N5O2S/c23-16(12-25-17-18-19-20-22(17)14-8-9-14)21(11-15-7-4-10-24-15)13-5-2-1-3-6-13/h1-7,10,14H,8-9,11-12H2. The van der Waals surface area contributed by atoms with E-state index in [0.717, 1.165) is 24.3 Å². The van der Waals surface area contributed by atoms with Crippen LogP contribution < -0.4 is 4.90 Å². The first-order chi connectivity index (χ1) is 12.3. The molecule has 8 heteroatoms. The number of para-hydroxylation sites is 1. The highest BCUT2D eigenvalue weighted by atomic mass is 32.2. The van der Waals surface area contributed by atoms with Crippen molar-refractivity contribution in [3.05, 3.63) is 54.5 Å². The van der Waals surface area contributed by atoms with Gasteiger partial charge in [0.1, 0.15) is 5.76 Å². The molecule has 0 unspecified atom stereocenters. The molecule has 128 valence electrons. The molecule has 1 fully saturated rings. The molecule has 0 N–H and O–H groups in total. The fourth-order valence-electron chi connectivity index (χ4n) is 2.52. The second-order valence-corrected chi connectivity index (χ2v) is 6.76. The Morgan fingerprint density at radius 1 is 1.24 bits per heavy atom. The van der Waals surface area contributed by atoms with Crippen LogP contribution in [0.3, 0.4) is 0 Å². The van der Waals surface area contributed by atoms with E-state index in [0.29, 0.717) is 17.7 Å². The molecule has 7 nitrogen and oxygen atoms in total. The van der Waals surface area contributed by atoms with E-state index in [4.69, 9.17) is 4.42 Å². The zero-order valence-electron chi connectivity index (χ0n) is 13.5. The monoisotopic (exact) mass is 355 g/mol. The predicted octanol–water partition coefficient (Wildman–Crippen LogP) is 2.93. The molecule has 1 saturated carbocycles. The summed E-state index contributed by atoms with van der Waals surface area (Å²) in [7, 11) is 0. The van der Waals surface area contributed by atoms with Gasteiger partial charge in [0, 0.05) is 5.69 Å². The van der Waals surface area contributed by atoms with Crippen LogP contribution in [0.15, 0.2) is 58.3 Å². The van der Waals surface area contributed by atoms with Crippen LogP contribution in [0.2, 0.25) is 0 Å². The van der Waals surface area contributed by atoms with Gasteiger partial charge in [-0.3, -0.25) is 4.79 Å². The number of hydrogen-bond acceptors (Lipinski definition) is 6. The SMILES string of the molecule is O=C(CSc1nnnn1C1CC1)N(Cc1ccco1)c1ccccc1. The predicted molar refractivity (Wildman–Crippen MR) is 93.2 cm³/mol. The normalized spacial score (nSPS) is 13.8. The van der Waals surface area contributed by atoms with Gasteiger partial charge in [-0.2, -0.15) is 0 Å². The molecule has 0 bridgehead atoms. The van der Waals surface area contributed by atoms with Crippen molar-refractivity contribution in [1.29, 1.82) is 0 Å². The lowest BCUT2D eigenvalue weighted by atomic mass is 10.2. The summed E-state index contributed by atoms with van der Waals surface area (Å²) in [5, 5.41) is 12.5. The van der Waals surface area contributed by atoms with Gasteiger partial charge in [-0.1, -0.05) is 30.0 Å². The maximum Gasteiger partial charge on any atom is 0.237 e. The molecule has 0 spiro atoms. The maximum atomic E-state index is 12.8. The summed E-state index contributed by atoms with van der Waals surface area (Å²) in [5.41, 5.74) is 0.839. The lowest BCUT2D eigenvalue weighted by Gasteiger charge is -2.21. The number of aromatic nitrogens is 4. The van der Waals surface area contributed by atoms with E-state index in [2.05, 4.69) is 15.5 Å². The number of benzene rings is 1. The van der Waals surface area contributed by atoms with Crippen molar-refractivity contribution in [3.8, 4) is 0 Å². The molecule has 2 heterocycles. The van der Waals surface area contributed by atoms with Gasteiger partial charge in [0.25, 0.3) is 0 Å². The minimum absolute atomic E-state index is 0.0158. The minimum Gasteiger partial charge on any atom is -0.467 e. The Bertz CT molecular complexity index is 830. The summed E-state index contributed by atoms with van der Waals surface area (Å²) in [6.45, 7) is 0.393. The largest absolute Gasteiger partial charge is 0.467 e. The molecular weight excluding hydrogens is 338 g/mol. The van der Waals surface area contributed by atoms with Crippen LogP contribution in [0.5, 0.6) is 0 Å². The van der Waals surface area contributed by atoms with Crippen LogP contribution in [-0.2, 0) is 11.3 Å². The summed E-state index contributed by atoms with van der Waals surface area (Å²) in [6, 6.07) is 13.7. The molecule has 1 aliphatic rings. The highest BCUT2D eigenvalue weighted by Crippen LogP contribution is 2.36. The van der Waals surface area contributed by atoms with Gasteiger partial charge in [-0.15, -0.1) is 5.10 Å². The van der Waals surface area contributed by atoms with Crippen LogP contribution >= 0.6 is 11.8 Å². The molecule has 25 heavy (non-hydrogen) atoms. The van der Waals surface area contributed by atoms with Gasteiger partial charge in [0.05, 0.1) is 24.6 Å². The molecular formula is C17H17N5O2S. The summed E-state index contributed by atoms with van der Waals surface area (Å²) < 4.78 is 7.22. The Hall–Kier alpha value is -2.61. The number of thioether (sulfide) groups is 1. The first-order valence-corrected chi connectivity index (χ1v) is 9.08. The average molecular weight is 355 g/mol. The maximum absolute atomic E-state index is 12.8. The molecule has 0 radical (unpaired) electrons. The highest BCUT2D eigenvalue weighted by molar-refractivity contribution is 7.99. The van der Waals surface area contributed by atoms with Crippen molar-refractivity contribution in [2.75, 3.05) is 10.7 Å². The van der Waals surface area contributed by atoms with E-state index in [-0.39, 0.29) is 11.7 Å². The van der Waals surface area contributed by atoms with Crippen LogP contribution in [0.1, 0.15) is 24.6 Å². The quantitative estimate of drug-likeness (QED) is 0.607. The molecule has 4 rings (SSSR count). The van der Waals surface area contributed by atoms with Crippen LogP contribution in [0.4, 0.5) is 5.69 Å². The third-order valence-electron chi connectivity index (χ3n) is 3.94. The molecule has 1 aliphatic carbocycles. The molecule has 0 aliphatic heterocycles. The second-order valence-electron chi connectivity index (χ2n) is 5.82. The number of rotatable bonds is 7. The topological polar surface area (TPSA) is 77.1 Å². The summed E-state index contributed by atoms with van der Waals surface area (Å²) in [5.74, 6) is 0.992. The minimum atomic E-state index is -0.0158. The van der Waals surface area contributed by atoms with Crippen molar-refractivity contribution < 1.29 is 9.21 Å². The number of furan rings is 1. The van der Waals surface area contributed by atoms with E-state index in [9.17, 15) is 4.79 Å². The average Bonchev–Trinajstić information content (AvgIpc) is 3.16. The van der Waals surface area contributed by atoms with Crippen molar-refractivity contribution in [1.82, 2.24) is 20.2 Å². The summed E-state index contributed by atoms with van der Waals surface area (Å²) >= 11 is 1.37. The highest BCUT2D eigenvalue weighted by Gasteiger charge is 2.28. The Labute approximate surface area is 149 Å². The third kappa shape index (κ3) is 3.74. The molecule has 2 aromatic heterocycles.